The Kier molecular flexibility index (Phi) is 5.54. The first-order valence-corrected chi connectivity index (χ1v) is 11.2. The van der Waals surface area contributed by atoms with E-state index < -0.39 is 0 Å². The molecule has 2 aromatic rings. The standard InChI is InChI=1S/C23H28N2O2S/c1-15-7-6-8-17(13-15)21(26)24-22-20(23(27)25-11-4-3-5-12-25)18-10-9-16(2)14-19(18)28-22/h6-8,13,16H,3-5,9-12,14H2,1-2H3,(H,24,26)/t16-/m0/s1. The molecule has 2 amide bonds. The van der Waals surface area contributed by atoms with E-state index in [1.807, 2.05) is 36.1 Å². The molecule has 1 fully saturated rings. The Labute approximate surface area is 170 Å². The van der Waals surface area contributed by atoms with E-state index in [4.69, 9.17) is 0 Å². The van der Waals surface area contributed by atoms with Crippen molar-refractivity contribution >= 4 is 28.2 Å². The highest BCUT2D eigenvalue weighted by Crippen LogP contribution is 2.40. The molecule has 1 aromatic heterocycles. The predicted molar refractivity (Wildman–Crippen MR) is 114 cm³/mol. The fourth-order valence-electron chi connectivity index (χ4n) is 4.28. The molecule has 2 heterocycles. The minimum Gasteiger partial charge on any atom is -0.339 e. The topological polar surface area (TPSA) is 49.4 Å². The summed E-state index contributed by atoms with van der Waals surface area (Å²) in [6, 6.07) is 7.58. The molecule has 0 saturated carbocycles. The lowest BCUT2D eigenvalue weighted by atomic mass is 9.88. The van der Waals surface area contributed by atoms with Crippen LogP contribution in [0.4, 0.5) is 5.00 Å². The number of rotatable bonds is 3. The average molecular weight is 397 g/mol. The SMILES string of the molecule is Cc1cccc(C(=O)Nc2sc3c(c2C(=O)N2CCCCC2)CC[C@H](C)C3)c1. The van der Waals surface area contributed by atoms with Crippen LogP contribution in [0.1, 0.15) is 69.3 Å². The molecule has 0 spiro atoms. The van der Waals surface area contributed by atoms with Gasteiger partial charge in [-0.1, -0.05) is 24.6 Å². The first kappa shape index (κ1) is 19.2. The quantitative estimate of drug-likeness (QED) is 0.788. The third kappa shape index (κ3) is 3.86. The maximum absolute atomic E-state index is 13.4. The number of piperidine rings is 1. The number of carbonyl (C=O) groups is 2. The van der Waals surface area contributed by atoms with Crippen molar-refractivity contribution in [1.29, 1.82) is 0 Å². The number of benzene rings is 1. The normalized spacial score (nSPS) is 19.2. The van der Waals surface area contributed by atoms with Crippen molar-refractivity contribution in [3.05, 3.63) is 51.4 Å². The molecule has 28 heavy (non-hydrogen) atoms. The molecule has 0 bridgehead atoms. The van der Waals surface area contributed by atoms with Gasteiger partial charge in [-0.15, -0.1) is 11.3 Å². The summed E-state index contributed by atoms with van der Waals surface area (Å²) < 4.78 is 0. The van der Waals surface area contributed by atoms with Crippen LogP contribution in [0.15, 0.2) is 24.3 Å². The maximum atomic E-state index is 13.4. The van der Waals surface area contributed by atoms with Crippen LogP contribution in [0.3, 0.4) is 0 Å². The minimum absolute atomic E-state index is 0.103. The summed E-state index contributed by atoms with van der Waals surface area (Å²) in [7, 11) is 0. The van der Waals surface area contributed by atoms with Gasteiger partial charge in [0, 0.05) is 23.5 Å². The molecule has 1 aliphatic heterocycles. The summed E-state index contributed by atoms with van der Waals surface area (Å²) in [6.45, 7) is 5.89. The largest absolute Gasteiger partial charge is 0.339 e. The van der Waals surface area contributed by atoms with Crippen LogP contribution in [0, 0.1) is 12.8 Å². The second-order valence-electron chi connectivity index (χ2n) is 8.23. The summed E-state index contributed by atoms with van der Waals surface area (Å²) in [4.78, 5) is 29.5. The Balaban J connectivity index is 1.67. The van der Waals surface area contributed by atoms with Crippen LogP contribution in [-0.2, 0) is 12.8 Å². The van der Waals surface area contributed by atoms with Crippen LogP contribution in [-0.4, -0.2) is 29.8 Å². The van der Waals surface area contributed by atoms with Gasteiger partial charge < -0.3 is 10.2 Å². The van der Waals surface area contributed by atoms with Crippen molar-refractivity contribution in [3.8, 4) is 0 Å². The third-order valence-corrected chi connectivity index (χ3v) is 7.05. The molecule has 5 heteroatoms. The van der Waals surface area contributed by atoms with Crippen molar-refractivity contribution in [3.63, 3.8) is 0 Å². The lowest BCUT2D eigenvalue weighted by molar-refractivity contribution is 0.0724. The number of hydrogen-bond donors (Lipinski definition) is 1. The van der Waals surface area contributed by atoms with E-state index in [1.54, 1.807) is 11.3 Å². The molecule has 1 atom stereocenters. The molecule has 0 unspecified atom stereocenters. The summed E-state index contributed by atoms with van der Waals surface area (Å²) >= 11 is 1.61. The monoisotopic (exact) mass is 396 g/mol. The van der Waals surface area contributed by atoms with Crippen LogP contribution in [0.5, 0.6) is 0 Å². The van der Waals surface area contributed by atoms with Gasteiger partial charge >= 0.3 is 0 Å². The van der Waals surface area contributed by atoms with E-state index in [9.17, 15) is 9.59 Å². The number of aryl methyl sites for hydroxylation is 1. The summed E-state index contributed by atoms with van der Waals surface area (Å²) in [6.07, 6.45) is 6.37. The number of likely N-dealkylation sites (tertiary alicyclic amines) is 1. The van der Waals surface area contributed by atoms with E-state index >= 15 is 0 Å². The number of anilines is 1. The fourth-order valence-corrected chi connectivity index (χ4v) is 5.68. The highest BCUT2D eigenvalue weighted by molar-refractivity contribution is 7.17. The Morgan fingerprint density at radius 1 is 1.18 bits per heavy atom. The number of hydrogen-bond acceptors (Lipinski definition) is 3. The molecular weight excluding hydrogens is 368 g/mol. The Morgan fingerprint density at radius 2 is 1.96 bits per heavy atom. The van der Waals surface area contributed by atoms with Gasteiger partial charge in [0.05, 0.1) is 5.56 Å². The summed E-state index contributed by atoms with van der Waals surface area (Å²) in [5, 5.41) is 3.82. The third-order valence-electron chi connectivity index (χ3n) is 5.88. The molecule has 4 nitrogen and oxygen atoms in total. The number of nitrogens with zero attached hydrogens (tertiary/aromatic N) is 1. The molecular formula is C23H28N2O2S. The van der Waals surface area contributed by atoms with Gasteiger partial charge in [-0.05, 0) is 69.1 Å². The van der Waals surface area contributed by atoms with Crippen LogP contribution >= 0.6 is 11.3 Å². The van der Waals surface area contributed by atoms with Crippen molar-refractivity contribution in [2.75, 3.05) is 18.4 Å². The molecule has 1 aliphatic carbocycles. The predicted octanol–water partition coefficient (Wildman–Crippen LogP) is 5.06. The highest BCUT2D eigenvalue weighted by atomic mass is 32.1. The second-order valence-corrected chi connectivity index (χ2v) is 9.34. The highest BCUT2D eigenvalue weighted by Gasteiger charge is 2.31. The van der Waals surface area contributed by atoms with Crippen LogP contribution in [0.25, 0.3) is 0 Å². The van der Waals surface area contributed by atoms with Crippen molar-refractivity contribution in [1.82, 2.24) is 4.90 Å². The summed E-state index contributed by atoms with van der Waals surface area (Å²) in [5.41, 5.74) is 3.63. The molecule has 1 N–H and O–H groups in total. The van der Waals surface area contributed by atoms with Crippen LogP contribution < -0.4 is 5.32 Å². The lowest BCUT2D eigenvalue weighted by Crippen LogP contribution is -2.36. The van der Waals surface area contributed by atoms with Gasteiger partial charge in [0.2, 0.25) is 0 Å². The van der Waals surface area contributed by atoms with Gasteiger partial charge in [0.1, 0.15) is 5.00 Å². The minimum atomic E-state index is -0.136. The number of nitrogens with one attached hydrogen (secondary N) is 1. The second kappa shape index (κ2) is 8.08. The Hall–Kier alpha value is -2.14. The number of fused-ring (bicyclic) bond motifs is 1. The maximum Gasteiger partial charge on any atom is 0.257 e. The van der Waals surface area contributed by atoms with E-state index in [1.165, 1.54) is 16.9 Å². The van der Waals surface area contributed by atoms with Crippen LogP contribution in [0.2, 0.25) is 0 Å². The number of amides is 2. The smallest absolute Gasteiger partial charge is 0.257 e. The summed E-state index contributed by atoms with van der Waals surface area (Å²) in [5.74, 6) is 0.596. The zero-order chi connectivity index (χ0) is 19.7. The zero-order valence-corrected chi connectivity index (χ0v) is 17.5. The molecule has 1 saturated heterocycles. The average Bonchev–Trinajstić information content (AvgIpc) is 3.04. The molecule has 1 aromatic carbocycles. The van der Waals surface area contributed by atoms with Crippen molar-refractivity contribution in [2.45, 2.75) is 52.4 Å². The number of carbonyl (C=O) groups excluding carboxylic acids is 2. The Bertz CT molecular complexity index is 896. The van der Waals surface area contributed by atoms with Gasteiger partial charge in [0.15, 0.2) is 0 Å². The zero-order valence-electron chi connectivity index (χ0n) is 16.7. The molecule has 4 rings (SSSR count). The molecule has 0 radical (unpaired) electrons. The molecule has 2 aliphatic rings. The van der Waals surface area contributed by atoms with E-state index in [0.29, 0.717) is 11.5 Å². The fraction of sp³-hybridized carbons (Fsp3) is 0.478. The van der Waals surface area contributed by atoms with Gasteiger partial charge in [0.25, 0.3) is 11.8 Å². The Morgan fingerprint density at radius 3 is 2.71 bits per heavy atom. The van der Waals surface area contributed by atoms with E-state index in [2.05, 4.69) is 12.2 Å². The molecule has 148 valence electrons. The number of thiophene rings is 1. The first-order valence-electron chi connectivity index (χ1n) is 10.3. The van der Waals surface area contributed by atoms with Gasteiger partial charge in [-0.3, -0.25) is 9.59 Å². The van der Waals surface area contributed by atoms with E-state index in [0.717, 1.165) is 61.3 Å². The van der Waals surface area contributed by atoms with Crippen molar-refractivity contribution < 1.29 is 9.59 Å². The van der Waals surface area contributed by atoms with Gasteiger partial charge in [-0.2, -0.15) is 0 Å². The lowest BCUT2D eigenvalue weighted by Gasteiger charge is -2.28. The first-order chi connectivity index (χ1) is 13.5. The van der Waals surface area contributed by atoms with Crippen molar-refractivity contribution in [2.24, 2.45) is 5.92 Å². The van der Waals surface area contributed by atoms with E-state index in [-0.39, 0.29) is 11.8 Å². The van der Waals surface area contributed by atoms with Gasteiger partial charge in [-0.25, -0.2) is 0 Å².